The number of anilines is 1. The van der Waals surface area contributed by atoms with E-state index in [1.54, 1.807) is 30.3 Å². The van der Waals surface area contributed by atoms with Gasteiger partial charge in [0.05, 0.1) is 10.7 Å². The molecule has 0 radical (unpaired) electrons. The van der Waals surface area contributed by atoms with E-state index in [-0.39, 0.29) is 5.57 Å². The Balaban J connectivity index is 2.19. The maximum absolute atomic E-state index is 12.0. The fraction of sp³-hybridized carbons (Fsp3) is 0. The van der Waals surface area contributed by atoms with Crippen LogP contribution in [0.25, 0.3) is 6.08 Å². The van der Waals surface area contributed by atoms with Gasteiger partial charge in [-0.1, -0.05) is 29.8 Å². The van der Waals surface area contributed by atoms with Crippen LogP contribution in [-0.2, 0) is 4.79 Å². The van der Waals surface area contributed by atoms with E-state index >= 15 is 0 Å². The van der Waals surface area contributed by atoms with Crippen LogP contribution in [0.1, 0.15) is 4.88 Å². The molecule has 94 valence electrons. The van der Waals surface area contributed by atoms with Gasteiger partial charge < -0.3 is 5.32 Å². The number of hydrogen-bond acceptors (Lipinski definition) is 3. The number of halogens is 1. The largest absolute Gasteiger partial charge is 0.320 e. The highest BCUT2D eigenvalue weighted by atomic mass is 35.5. The van der Waals surface area contributed by atoms with Gasteiger partial charge in [0, 0.05) is 4.88 Å². The number of thiophene rings is 1. The van der Waals surface area contributed by atoms with E-state index in [2.05, 4.69) is 5.32 Å². The van der Waals surface area contributed by atoms with Crippen molar-refractivity contribution >= 4 is 40.6 Å². The minimum atomic E-state index is -0.469. The number of hydrogen-bond donors (Lipinski definition) is 1. The van der Waals surface area contributed by atoms with Gasteiger partial charge in [-0.2, -0.15) is 5.26 Å². The third-order valence-corrected chi connectivity index (χ3v) is 3.47. The molecule has 1 aromatic heterocycles. The minimum Gasteiger partial charge on any atom is -0.320 e. The molecule has 0 bridgehead atoms. The highest BCUT2D eigenvalue weighted by Gasteiger charge is 2.11. The first-order chi connectivity index (χ1) is 9.20. The molecule has 5 heteroatoms. The second-order valence-corrected chi connectivity index (χ2v) is 5.01. The van der Waals surface area contributed by atoms with Crippen LogP contribution in [-0.4, -0.2) is 5.91 Å². The van der Waals surface area contributed by atoms with Gasteiger partial charge in [0.2, 0.25) is 0 Å². The molecular weight excluding hydrogens is 280 g/mol. The number of nitrogens with zero attached hydrogens (tertiary/aromatic N) is 1. The fourth-order valence-corrected chi connectivity index (χ4v) is 2.26. The lowest BCUT2D eigenvalue weighted by atomic mass is 10.2. The average Bonchev–Trinajstić information content (AvgIpc) is 2.91. The molecule has 1 aromatic carbocycles. The van der Waals surface area contributed by atoms with Crippen molar-refractivity contribution in [3.63, 3.8) is 0 Å². The van der Waals surface area contributed by atoms with Gasteiger partial charge >= 0.3 is 0 Å². The molecule has 3 nitrogen and oxygen atoms in total. The maximum atomic E-state index is 12.0. The Kier molecular flexibility index (Phi) is 4.35. The van der Waals surface area contributed by atoms with Crippen molar-refractivity contribution in [2.45, 2.75) is 0 Å². The maximum Gasteiger partial charge on any atom is 0.266 e. The Hall–Kier alpha value is -2.09. The van der Waals surface area contributed by atoms with E-state index in [0.29, 0.717) is 10.7 Å². The molecule has 0 fully saturated rings. The van der Waals surface area contributed by atoms with Crippen LogP contribution in [0.3, 0.4) is 0 Å². The SMILES string of the molecule is N#C/C(=C\c1cccs1)C(=O)Nc1ccccc1Cl. The molecule has 0 aliphatic rings. The topological polar surface area (TPSA) is 52.9 Å². The summed E-state index contributed by atoms with van der Waals surface area (Å²) in [5, 5.41) is 14.0. The summed E-state index contributed by atoms with van der Waals surface area (Å²) < 4.78 is 0. The van der Waals surface area contributed by atoms with Gasteiger partial charge in [-0.3, -0.25) is 4.79 Å². The Bertz CT molecular complexity index is 656. The average molecular weight is 289 g/mol. The summed E-state index contributed by atoms with van der Waals surface area (Å²) in [5.41, 5.74) is 0.531. The lowest BCUT2D eigenvalue weighted by Crippen LogP contribution is -2.13. The summed E-state index contributed by atoms with van der Waals surface area (Å²) in [6.07, 6.45) is 1.55. The van der Waals surface area contributed by atoms with Crippen molar-refractivity contribution in [1.29, 1.82) is 5.26 Å². The van der Waals surface area contributed by atoms with Gasteiger partial charge in [0.1, 0.15) is 11.6 Å². The van der Waals surface area contributed by atoms with Crippen molar-refractivity contribution in [2.75, 3.05) is 5.32 Å². The van der Waals surface area contributed by atoms with E-state index in [1.807, 2.05) is 23.6 Å². The number of para-hydroxylation sites is 1. The number of benzene rings is 1. The van der Waals surface area contributed by atoms with Gasteiger partial charge in [0.15, 0.2) is 0 Å². The van der Waals surface area contributed by atoms with Crippen molar-refractivity contribution in [3.05, 3.63) is 57.3 Å². The number of carbonyl (C=O) groups is 1. The fourth-order valence-electron chi connectivity index (χ4n) is 1.42. The zero-order valence-electron chi connectivity index (χ0n) is 9.76. The number of rotatable bonds is 3. The highest BCUT2D eigenvalue weighted by Crippen LogP contribution is 2.21. The summed E-state index contributed by atoms with van der Waals surface area (Å²) >= 11 is 7.40. The van der Waals surface area contributed by atoms with E-state index in [1.165, 1.54) is 11.3 Å². The third-order valence-electron chi connectivity index (χ3n) is 2.32. The Morgan fingerprint density at radius 1 is 1.32 bits per heavy atom. The lowest BCUT2D eigenvalue weighted by Gasteiger charge is -2.05. The number of nitrogens with one attached hydrogen (secondary N) is 1. The van der Waals surface area contributed by atoms with Crippen molar-refractivity contribution in [1.82, 2.24) is 0 Å². The van der Waals surface area contributed by atoms with Gasteiger partial charge in [-0.25, -0.2) is 0 Å². The Morgan fingerprint density at radius 3 is 2.74 bits per heavy atom. The monoisotopic (exact) mass is 288 g/mol. The second kappa shape index (κ2) is 6.19. The molecule has 0 saturated heterocycles. The quantitative estimate of drug-likeness (QED) is 0.687. The lowest BCUT2D eigenvalue weighted by molar-refractivity contribution is -0.112. The van der Waals surface area contributed by atoms with Gasteiger partial charge in [-0.15, -0.1) is 11.3 Å². The molecule has 1 heterocycles. The van der Waals surface area contributed by atoms with Crippen LogP contribution >= 0.6 is 22.9 Å². The zero-order valence-corrected chi connectivity index (χ0v) is 11.3. The zero-order chi connectivity index (χ0) is 13.7. The Labute approximate surface area is 119 Å². The molecule has 0 atom stereocenters. The van der Waals surface area contributed by atoms with Crippen molar-refractivity contribution in [3.8, 4) is 6.07 Å². The van der Waals surface area contributed by atoms with Crippen LogP contribution in [0.2, 0.25) is 5.02 Å². The molecule has 0 unspecified atom stereocenters. The normalized spacial score (nSPS) is 10.8. The predicted octanol–water partition coefficient (Wildman–Crippen LogP) is 3.95. The number of carbonyl (C=O) groups excluding carboxylic acids is 1. The van der Waals surface area contributed by atoms with E-state index < -0.39 is 5.91 Å². The molecule has 0 saturated carbocycles. The number of nitriles is 1. The summed E-state index contributed by atoms with van der Waals surface area (Å²) in [4.78, 5) is 12.8. The summed E-state index contributed by atoms with van der Waals surface area (Å²) in [5.74, 6) is -0.469. The van der Waals surface area contributed by atoms with E-state index in [4.69, 9.17) is 16.9 Å². The molecule has 0 spiro atoms. The number of amides is 1. The second-order valence-electron chi connectivity index (χ2n) is 3.62. The van der Waals surface area contributed by atoms with E-state index in [9.17, 15) is 4.79 Å². The molecule has 2 aromatic rings. The molecule has 0 aliphatic heterocycles. The van der Waals surface area contributed by atoms with E-state index in [0.717, 1.165) is 4.88 Å². The molecule has 1 N–H and O–H groups in total. The van der Waals surface area contributed by atoms with Gasteiger partial charge in [0.25, 0.3) is 5.91 Å². The minimum absolute atomic E-state index is 0.0439. The highest BCUT2D eigenvalue weighted by molar-refractivity contribution is 7.10. The Morgan fingerprint density at radius 2 is 2.11 bits per heavy atom. The molecule has 2 rings (SSSR count). The van der Waals surface area contributed by atoms with Crippen LogP contribution in [0.15, 0.2) is 47.4 Å². The molecular formula is C14H9ClN2OS. The molecule has 19 heavy (non-hydrogen) atoms. The van der Waals surface area contributed by atoms with Crippen molar-refractivity contribution < 1.29 is 4.79 Å². The van der Waals surface area contributed by atoms with Gasteiger partial charge in [-0.05, 0) is 29.7 Å². The van der Waals surface area contributed by atoms with Crippen LogP contribution in [0.5, 0.6) is 0 Å². The standard InChI is InChI=1S/C14H9ClN2OS/c15-12-5-1-2-6-13(12)17-14(18)10(9-16)8-11-4-3-7-19-11/h1-8H,(H,17,18)/b10-8+. The first kappa shape index (κ1) is 13.3. The summed E-state index contributed by atoms with van der Waals surface area (Å²) in [7, 11) is 0. The van der Waals surface area contributed by atoms with Crippen molar-refractivity contribution in [2.24, 2.45) is 0 Å². The molecule has 0 aliphatic carbocycles. The first-order valence-corrected chi connectivity index (χ1v) is 6.67. The first-order valence-electron chi connectivity index (χ1n) is 5.42. The van der Waals surface area contributed by atoms with Crippen LogP contribution < -0.4 is 5.32 Å². The summed E-state index contributed by atoms with van der Waals surface area (Å²) in [6, 6.07) is 12.5. The van der Waals surface area contributed by atoms with Crippen LogP contribution in [0, 0.1) is 11.3 Å². The third kappa shape index (κ3) is 3.44. The predicted molar refractivity (Wildman–Crippen MR) is 78.0 cm³/mol. The smallest absolute Gasteiger partial charge is 0.266 e. The molecule has 1 amide bonds. The summed E-state index contributed by atoms with van der Waals surface area (Å²) in [6.45, 7) is 0. The van der Waals surface area contributed by atoms with Crippen LogP contribution in [0.4, 0.5) is 5.69 Å².